The van der Waals surface area contributed by atoms with E-state index < -0.39 is 18.2 Å². The Hall–Kier alpha value is -2.70. The van der Waals surface area contributed by atoms with E-state index in [2.05, 4.69) is 99.0 Å². The van der Waals surface area contributed by atoms with Crippen LogP contribution in [0.3, 0.4) is 0 Å². The van der Waals surface area contributed by atoms with Crippen molar-refractivity contribution in [3.63, 3.8) is 0 Å². The number of carbonyl (C=O) groups excluding carboxylic acids is 2. The second kappa shape index (κ2) is 46.4. The number of nitrogens with one attached hydrogen (secondary N) is 1. The Balaban J connectivity index is 4.63. The summed E-state index contributed by atoms with van der Waals surface area (Å²) in [5.41, 5.74) is 0. The fraction of sp³-hybridized carbons (Fsp3) is 0.736. The van der Waals surface area contributed by atoms with Crippen molar-refractivity contribution in [2.24, 2.45) is 0 Å². The van der Waals surface area contributed by atoms with Gasteiger partial charge in [-0.25, -0.2) is 0 Å². The highest BCUT2D eigenvalue weighted by molar-refractivity contribution is 5.77. The first kappa shape index (κ1) is 56.3. The van der Waals surface area contributed by atoms with Crippen molar-refractivity contribution < 1.29 is 24.5 Å². The molecular weight excluding hydrogens is 731 g/mol. The van der Waals surface area contributed by atoms with Crippen LogP contribution in [0.25, 0.3) is 0 Å². The number of aliphatic hydroxyl groups is 2. The Morgan fingerprint density at radius 2 is 0.915 bits per heavy atom. The summed E-state index contributed by atoms with van der Waals surface area (Å²) in [6.45, 7) is 6.21. The summed E-state index contributed by atoms with van der Waals surface area (Å²) in [5.74, 6) is -0.521. The van der Waals surface area contributed by atoms with Crippen LogP contribution in [0.4, 0.5) is 0 Å². The van der Waals surface area contributed by atoms with Gasteiger partial charge in [0.25, 0.3) is 0 Å². The van der Waals surface area contributed by atoms with E-state index >= 15 is 0 Å². The van der Waals surface area contributed by atoms with Gasteiger partial charge in [0.15, 0.2) is 0 Å². The molecule has 6 heteroatoms. The molecule has 3 unspecified atom stereocenters. The second-order valence-corrected chi connectivity index (χ2v) is 16.6. The van der Waals surface area contributed by atoms with Gasteiger partial charge in [-0.15, -0.1) is 0 Å². The Morgan fingerprint density at radius 3 is 1.37 bits per heavy atom. The van der Waals surface area contributed by atoms with Crippen LogP contribution in [0, 0.1) is 0 Å². The molecule has 0 radical (unpaired) electrons. The van der Waals surface area contributed by atoms with Crippen LogP contribution in [0.2, 0.25) is 0 Å². The maximum Gasteiger partial charge on any atom is 0.306 e. The number of esters is 1. The highest BCUT2D eigenvalue weighted by Crippen LogP contribution is 2.17. The van der Waals surface area contributed by atoms with Gasteiger partial charge in [-0.2, -0.15) is 0 Å². The summed E-state index contributed by atoms with van der Waals surface area (Å²) >= 11 is 0. The molecule has 340 valence electrons. The van der Waals surface area contributed by atoms with E-state index in [1.165, 1.54) is 70.6 Å². The highest BCUT2D eigenvalue weighted by Gasteiger charge is 2.24. The molecule has 0 spiro atoms. The van der Waals surface area contributed by atoms with E-state index in [4.69, 9.17) is 4.74 Å². The standard InChI is InChI=1S/C53H93NO5/c1-4-7-10-13-16-19-22-25-28-30-33-36-39-42-45-51(56)50(48-55)54-52(57)47-49(44-41-38-35-32-29-26-23-20-17-14-11-8-5-2)59-53(58)46-43-40-37-34-31-27-24-21-18-15-12-9-6-3/h8-9,11-12,14-15,17-18,20-21,23-24,49-51,55-56H,4-7,10,13,16,19,22,25-48H2,1-3H3,(H,54,57)/b11-8+,12-9+,17-14+,18-15+,23-20+,24-21-. The summed E-state index contributed by atoms with van der Waals surface area (Å²) in [6, 6.07) is -0.715. The van der Waals surface area contributed by atoms with Gasteiger partial charge in [-0.3, -0.25) is 9.59 Å². The zero-order valence-electron chi connectivity index (χ0n) is 38.6. The summed E-state index contributed by atoms with van der Waals surface area (Å²) in [7, 11) is 0. The molecule has 0 aliphatic carbocycles. The van der Waals surface area contributed by atoms with Crippen LogP contribution in [0.15, 0.2) is 72.9 Å². The minimum atomic E-state index is -0.799. The Labute approximate surface area is 364 Å². The molecule has 0 aliphatic heterocycles. The topological polar surface area (TPSA) is 95.9 Å². The molecule has 0 bridgehead atoms. The summed E-state index contributed by atoms with van der Waals surface area (Å²) < 4.78 is 5.90. The fourth-order valence-corrected chi connectivity index (χ4v) is 7.19. The third kappa shape index (κ3) is 41.8. The molecule has 0 aromatic rings. The van der Waals surface area contributed by atoms with Gasteiger partial charge in [0.1, 0.15) is 6.10 Å². The van der Waals surface area contributed by atoms with Crippen molar-refractivity contribution >= 4 is 11.9 Å². The Morgan fingerprint density at radius 1 is 0.508 bits per heavy atom. The molecule has 3 N–H and O–H groups in total. The summed E-state index contributed by atoms with van der Waals surface area (Å²) in [4.78, 5) is 26.1. The van der Waals surface area contributed by atoms with Crippen LogP contribution in [-0.2, 0) is 14.3 Å². The number of carbonyl (C=O) groups is 2. The molecule has 1 amide bonds. The molecule has 6 nitrogen and oxygen atoms in total. The number of aliphatic hydroxyl groups excluding tert-OH is 2. The molecular formula is C53H93NO5. The van der Waals surface area contributed by atoms with E-state index in [1.807, 2.05) is 0 Å². The van der Waals surface area contributed by atoms with Crippen molar-refractivity contribution in [1.82, 2.24) is 5.32 Å². The van der Waals surface area contributed by atoms with Crippen LogP contribution in [-0.4, -0.2) is 46.9 Å². The zero-order valence-corrected chi connectivity index (χ0v) is 38.6. The normalized spacial score (nSPS) is 13.9. The maximum atomic E-state index is 13.2. The number of amides is 1. The fourth-order valence-electron chi connectivity index (χ4n) is 7.19. The molecule has 0 heterocycles. The van der Waals surface area contributed by atoms with Crippen molar-refractivity contribution in [2.75, 3.05) is 6.61 Å². The van der Waals surface area contributed by atoms with E-state index in [9.17, 15) is 19.8 Å². The van der Waals surface area contributed by atoms with E-state index in [0.29, 0.717) is 19.3 Å². The van der Waals surface area contributed by atoms with Crippen LogP contribution >= 0.6 is 0 Å². The van der Waals surface area contributed by atoms with Gasteiger partial charge in [0.05, 0.1) is 25.2 Å². The Bertz CT molecular complexity index is 1110. The molecule has 0 rings (SSSR count). The average molecular weight is 824 g/mol. The number of ether oxygens (including phenoxy) is 1. The summed E-state index contributed by atoms with van der Waals surface area (Å²) in [5, 5.41) is 23.7. The number of allylic oxidation sites excluding steroid dienone is 12. The first-order valence-electron chi connectivity index (χ1n) is 24.7. The van der Waals surface area contributed by atoms with Gasteiger partial charge in [-0.1, -0.05) is 222 Å². The third-order valence-electron chi connectivity index (χ3n) is 10.9. The first-order chi connectivity index (χ1) is 29.0. The van der Waals surface area contributed by atoms with Crippen LogP contribution < -0.4 is 5.32 Å². The molecule has 3 atom stereocenters. The molecule has 0 saturated heterocycles. The average Bonchev–Trinajstić information content (AvgIpc) is 3.23. The minimum Gasteiger partial charge on any atom is -0.462 e. The SMILES string of the molecule is CC/C=C/C=C/C=C\CCCCCCCC(=O)OC(CCCCCCC/C=C/C=C/C=C/CC)CC(=O)NC(CO)C(O)CCCCCCCCCCCCCCCC. The van der Waals surface area contributed by atoms with Crippen molar-refractivity contribution in [3.05, 3.63) is 72.9 Å². The second-order valence-electron chi connectivity index (χ2n) is 16.6. The van der Waals surface area contributed by atoms with E-state index in [0.717, 1.165) is 109 Å². The van der Waals surface area contributed by atoms with Gasteiger partial charge in [0.2, 0.25) is 5.91 Å². The monoisotopic (exact) mass is 824 g/mol. The van der Waals surface area contributed by atoms with Gasteiger partial charge in [-0.05, 0) is 64.2 Å². The first-order valence-corrected chi connectivity index (χ1v) is 24.7. The van der Waals surface area contributed by atoms with Crippen LogP contribution in [0.1, 0.15) is 226 Å². The number of hydrogen-bond acceptors (Lipinski definition) is 5. The molecule has 0 fully saturated rings. The molecule has 0 aromatic heterocycles. The van der Waals surface area contributed by atoms with Crippen molar-refractivity contribution in [2.45, 2.75) is 244 Å². The number of rotatable bonds is 43. The molecule has 0 aliphatic rings. The molecule has 0 aromatic carbocycles. The quantitative estimate of drug-likeness (QED) is 0.0323. The molecule has 59 heavy (non-hydrogen) atoms. The third-order valence-corrected chi connectivity index (χ3v) is 10.9. The zero-order chi connectivity index (χ0) is 43.1. The lowest BCUT2D eigenvalue weighted by Gasteiger charge is -2.24. The Kier molecular flexibility index (Phi) is 44.2. The number of hydrogen-bond donors (Lipinski definition) is 3. The largest absolute Gasteiger partial charge is 0.462 e. The van der Waals surface area contributed by atoms with Crippen LogP contribution in [0.5, 0.6) is 0 Å². The van der Waals surface area contributed by atoms with Crippen molar-refractivity contribution in [3.8, 4) is 0 Å². The lowest BCUT2D eigenvalue weighted by atomic mass is 10.0. The predicted molar refractivity (Wildman–Crippen MR) is 255 cm³/mol. The van der Waals surface area contributed by atoms with Gasteiger partial charge >= 0.3 is 5.97 Å². The minimum absolute atomic E-state index is 0.0527. The van der Waals surface area contributed by atoms with Gasteiger partial charge < -0.3 is 20.3 Å². The maximum absolute atomic E-state index is 13.2. The van der Waals surface area contributed by atoms with E-state index in [1.54, 1.807) is 0 Å². The van der Waals surface area contributed by atoms with Gasteiger partial charge in [0, 0.05) is 6.42 Å². The smallest absolute Gasteiger partial charge is 0.306 e. The highest BCUT2D eigenvalue weighted by atomic mass is 16.5. The lowest BCUT2D eigenvalue weighted by Crippen LogP contribution is -2.46. The summed E-state index contributed by atoms with van der Waals surface area (Å²) in [6.07, 6.45) is 58.1. The predicted octanol–water partition coefficient (Wildman–Crippen LogP) is 14.6. The van der Waals surface area contributed by atoms with Crippen molar-refractivity contribution in [1.29, 1.82) is 0 Å². The molecule has 0 saturated carbocycles. The van der Waals surface area contributed by atoms with E-state index in [-0.39, 0.29) is 24.9 Å². The number of unbranched alkanes of at least 4 members (excludes halogenated alkanes) is 23. The lowest BCUT2D eigenvalue weighted by molar-refractivity contribution is -0.151.